The van der Waals surface area contributed by atoms with Gasteiger partial charge in [0.2, 0.25) is 11.8 Å². The van der Waals surface area contributed by atoms with Crippen LogP contribution in [0.5, 0.6) is 11.5 Å². The van der Waals surface area contributed by atoms with Gasteiger partial charge in [-0.3, -0.25) is 19.4 Å². The highest BCUT2D eigenvalue weighted by atomic mass is 127. The van der Waals surface area contributed by atoms with Gasteiger partial charge in [-0.1, -0.05) is 30.3 Å². The minimum absolute atomic E-state index is 0.0425. The third-order valence-electron chi connectivity index (χ3n) is 9.38. The molecule has 3 fully saturated rings. The summed E-state index contributed by atoms with van der Waals surface area (Å²) in [4.78, 5) is 32.0. The quantitative estimate of drug-likeness (QED) is 0.258. The lowest BCUT2D eigenvalue weighted by Crippen LogP contribution is -2.48. The van der Waals surface area contributed by atoms with Crippen LogP contribution >= 0.6 is 22.6 Å². The van der Waals surface area contributed by atoms with Gasteiger partial charge >= 0.3 is 7.12 Å². The molecule has 4 atom stereocenters. The number of phenolic OH excluding ortho intramolecular Hbond substituents is 1. The smallest absolute Gasteiger partial charge is 0.487 e. The van der Waals surface area contributed by atoms with Crippen molar-refractivity contribution in [1.82, 2.24) is 9.80 Å². The number of rotatable bonds is 7. The molecule has 0 spiro atoms. The molecule has 3 saturated heterocycles. The van der Waals surface area contributed by atoms with Crippen LogP contribution in [0.15, 0.2) is 53.5 Å². The normalized spacial score (nSPS) is 27.0. The number of hydrogen-bond acceptors (Lipinski definition) is 8. The molecule has 4 aliphatic rings. The molecular formula is C31H36BIN2O7. The number of amides is 2. The topological polar surface area (TPSA) is 109 Å². The maximum atomic E-state index is 14.2. The summed E-state index contributed by atoms with van der Waals surface area (Å²) in [7, 11) is 1.85. The molecule has 3 aliphatic heterocycles. The van der Waals surface area contributed by atoms with Crippen LogP contribution < -0.4 is 4.74 Å². The molecule has 0 unspecified atom stereocenters. The Bertz CT molecular complexity index is 1380. The van der Waals surface area contributed by atoms with Crippen LogP contribution in [0.1, 0.15) is 42.9 Å². The van der Waals surface area contributed by atoms with Crippen LogP contribution in [0.2, 0.25) is 0 Å². The fourth-order valence-corrected chi connectivity index (χ4v) is 8.05. The average molecular weight is 686 g/mol. The van der Waals surface area contributed by atoms with Gasteiger partial charge in [-0.2, -0.15) is 0 Å². The Morgan fingerprint density at radius 3 is 2.50 bits per heavy atom. The molecule has 42 heavy (non-hydrogen) atoms. The predicted molar refractivity (Wildman–Crippen MR) is 164 cm³/mol. The van der Waals surface area contributed by atoms with Gasteiger partial charge in [0.1, 0.15) is 0 Å². The van der Waals surface area contributed by atoms with Crippen molar-refractivity contribution in [3.05, 3.63) is 68.2 Å². The van der Waals surface area contributed by atoms with E-state index in [2.05, 4.69) is 17.0 Å². The van der Waals surface area contributed by atoms with Gasteiger partial charge < -0.3 is 24.3 Å². The maximum Gasteiger partial charge on any atom is 0.487 e. The number of ether oxygens (including phenoxy) is 2. The second kappa shape index (κ2) is 12.3. The molecule has 1 aliphatic carbocycles. The number of halogens is 1. The zero-order valence-corrected chi connectivity index (χ0v) is 26.0. The first-order chi connectivity index (χ1) is 20.3. The van der Waals surface area contributed by atoms with Crippen LogP contribution in [-0.4, -0.2) is 78.8 Å². The molecule has 11 heteroatoms. The third-order valence-corrected chi connectivity index (χ3v) is 10.2. The van der Waals surface area contributed by atoms with Crippen molar-refractivity contribution in [2.45, 2.75) is 44.4 Å². The summed E-state index contributed by atoms with van der Waals surface area (Å²) in [6, 6.07) is 13.7. The minimum Gasteiger partial charge on any atom is -0.504 e. The number of aromatic hydroxyl groups is 1. The number of fused-ring (bicyclic) bond motifs is 3. The van der Waals surface area contributed by atoms with Crippen LogP contribution in [0.4, 0.5) is 0 Å². The lowest BCUT2D eigenvalue weighted by Gasteiger charge is -2.42. The molecule has 222 valence electrons. The summed E-state index contributed by atoms with van der Waals surface area (Å²) >= 11 is 2.03. The molecule has 0 radical (unpaired) electrons. The summed E-state index contributed by atoms with van der Waals surface area (Å²) in [5.74, 6) is -1.25. The van der Waals surface area contributed by atoms with Crippen molar-refractivity contribution < 1.29 is 33.8 Å². The standard InChI is InChI=1S/C31H36BIN2O7/c1-40-17-20-12-23-27(22-15-25(42-32(39)28(20)22)19-13-24(33)29(36)26(14-19)41-2)31(38)35(30(23)37)21-8-10-34(11-9-21)16-18-6-4-3-5-7-18/h3-7,13-14,21-23,25,27,36,39H,8-12,15-17H2,1-2H3/t22-,23-,25-,27+/m0/s1. The average Bonchev–Trinajstić information content (AvgIpc) is 3.24. The number of imide groups is 1. The lowest BCUT2D eigenvalue weighted by molar-refractivity contribution is -0.144. The van der Waals surface area contributed by atoms with Gasteiger partial charge in [-0.05, 0) is 88.5 Å². The van der Waals surface area contributed by atoms with E-state index in [9.17, 15) is 19.7 Å². The SMILES string of the molecule is COCC1=C2B(O)O[C@H](c3cc(I)c(O)c(OC)c3)C[C@H]2[C@H]2C(=O)N(C3CCN(Cc4ccccc4)CC3)C(=O)[C@H]2C1. The van der Waals surface area contributed by atoms with E-state index in [1.165, 1.54) is 12.7 Å². The largest absolute Gasteiger partial charge is 0.504 e. The van der Waals surface area contributed by atoms with E-state index in [-0.39, 0.29) is 36.1 Å². The van der Waals surface area contributed by atoms with E-state index in [0.29, 0.717) is 27.6 Å². The first kappa shape index (κ1) is 29.6. The van der Waals surface area contributed by atoms with Crippen molar-refractivity contribution in [3.8, 4) is 11.5 Å². The molecule has 2 aromatic rings. The van der Waals surface area contributed by atoms with Crippen LogP contribution in [0.25, 0.3) is 0 Å². The Labute approximate surface area is 260 Å². The number of likely N-dealkylation sites (tertiary alicyclic amines) is 2. The van der Waals surface area contributed by atoms with Crippen LogP contribution in [0.3, 0.4) is 0 Å². The molecule has 9 nitrogen and oxygen atoms in total. The molecule has 6 rings (SSSR count). The predicted octanol–water partition coefficient (Wildman–Crippen LogP) is 3.72. The number of phenols is 1. The monoisotopic (exact) mass is 686 g/mol. The van der Waals surface area contributed by atoms with Gasteiger partial charge in [0.15, 0.2) is 11.5 Å². The van der Waals surface area contributed by atoms with E-state index < -0.39 is 25.1 Å². The Morgan fingerprint density at radius 1 is 1.07 bits per heavy atom. The summed E-state index contributed by atoms with van der Waals surface area (Å²) in [6.45, 7) is 2.77. The number of nitrogens with zero attached hydrogens (tertiary/aromatic N) is 2. The van der Waals surface area contributed by atoms with Crippen molar-refractivity contribution in [3.63, 3.8) is 0 Å². The van der Waals surface area contributed by atoms with Crippen LogP contribution in [0, 0.1) is 21.3 Å². The van der Waals surface area contributed by atoms with Gasteiger partial charge in [0, 0.05) is 32.8 Å². The van der Waals surface area contributed by atoms with E-state index in [4.69, 9.17) is 14.1 Å². The van der Waals surface area contributed by atoms with Gasteiger partial charge in [0.05, 0.1) is 35.2 Å². The van der Waals surface area contributed by atoms with E-state index in [1.807, 2.05) is 40.8 Å². The van der Waals surface area contributed by atoms with E-state index in [0.717, 1.165) is 43.6 Å². The van der Waals surface area contributed by atoms with Gasteiger partial charge in [0.25, 0.3) is 0 Å². The van der Waals surface area contributed by atoms with Crippen molar-refractivity contribution >= 4 is 41.5 Å². The third kappa shape index (κ3) is 5.38. The number of allylic oxidation sites excluding steroid dienone is 1. The molecule has 2 amide bonds. The Kier molecular flexibility index (Phi) is 8.66. The highest BCUT2D eigenvalue weighted by Crippen LogP contribution is 2.52. The first-order valence-corrected chi connectivity index (χ1v) is 15.6. The summed E-state index contributed by atoms with van der Waals surface area (Å²) in [5, 5.41) is 21.6. The number of piperidine rings is 1. The number of methoxy groups -OCH3 is 2. The van der Waals surface area contributed by atoms with E-state index >= 15 is 0 Å². The van der Waals surface area contributed by atoms with Crippen molar-refractivity contribution in [2.24, 2.45) is 17.8 Å². The molecule has 0 bridgehead atoms. The highest BCUT2D eigenvalue weighted by molar-refractivity contribution is 14.1. The molecule has 2 aromatic carbocycles. The molecule has 3 heterocycles. The number of hydrogen-bond donors (Lipinski definition) is 2. The summed E-state index contributed by atoms with van der Waals surface area (Å²) in [5.41, 5.74) is 3.51. The molecular weight excluding hydrogens is 650 g/mol. The van der Waals surface area contributed by atoms with Crippen LogP contribution in [-0.2, 0) is 25.5 Å². The number of benzene rings is 2. The zero-order valence-electron chi connectivity index (χ0n) is 23.9. The Balaban J connectivity index is 1.24. The molecule has 0 saturated carbocycles. The van der Waals surface area contributed by atoms with Crippen molar-refractivity contribution in [1.29, 1.82) is 0 Å². The fraction of sp³-hybridized carbons (Fsp3) is 0.484. The summed E-state index contributed by atoms with van der Waals surface area (Å²) < 4.78 is 17.5. The first-order valence-electron chi connectivity index (χ1n) is 14.5. The Hall–Kier alpha value is -2.45. The van der Waals surface area contributed by atoms with E-state index in [1.54, 1.807) is 24.1 Å². The summed E-state index contributed by atoms with van der Waals surface area (Å²) in [6.07, 6.45) is 1.76. The number of carbonyl (C=O) groups excluding carboxylic acids is 2. The molecule has 0 aromatic heterocycles. The maximum absolute atomic E-state index is 14.2. The fourth-order valence-electron chi connectivity index (χ4n) is 7.43. The number of carbonyl (C=O) groups is 2. The van der Waals surface area contributed by atoms with Gasteiger partial charge in [-0.25, -0.2) is 0 Å². The molecule has 2 N–H and O–H groups in total. The highest BCUT2D eigenvalue weighted by Gasteiger charge is 2.59. The second-order valence-corrected chi connectivity index (χ2v) is 12.9. The minimum atomic E-state index is -1.23. The lowest BCUT2D eigenvalue weighted by atomic mass is 9.55. The second-order valence-electron chi connectivity index (χ2n) is 11.7. The van der Waals surface area contributed by atoms with Gasteiger partial charge in [-0.15, -0.1) is 0 Å². The Morgan fingerprint density at radius 2 is 1.81 bits per heavy atom. The zero-order chi connectivity index (χ0) is 29.5. The van der Waals surface area contributed by atoms with Crippen molar-refractivity contribution in [2.75, 3.05) is 33.9 Å².